The van der Waals surface area contributed by atoms with Gasteiger partial charge in [0.15, 0.2) is 0 Å². The summed E-state index contributed by atoms with van der Waals surface area (Å²) in [5.74, 6) is 0. The Morgan fingerprint density at radius 2 is 0.571 bits per heavy atom. The summed E-state index contributed by atoms with van der Waals surface area (Å²) in [6.45, 7) is -9.71. The molecule has 0 fully saturated rings. The van der Waals surface area contributed by atoms with Gasteiger partial charge in [0.2, 0.25) is 0 Å². The van der Waals surface area contributed by atoms with E-state index in [0.717, 1.165) is 0 Å². The van der Waals surface area contributed by atoms with Crippen molar-refractivity contribution in [3.05, 3.63) is 182 Å². The van der Waals surface area contributed by atoms with Crippen LogP contribution in [0.15, 0.2) is 182 Å². The molecule has 0 saturated heterocycles. The Hall–Kier alpha value is -3.92. The molecule has 3 N–H and O–H groups in total. The van der Waals surface area contributed by atoms with E-state index >= 15 is 7.61 Å². The fraction of sp³-hybridized carbons (Fsp3) is 0. The predicted octanol–water partition coefficient (Wildman–Crippen LogP) is 1.00. The summed E-state index contributed by atoms with van der Waals surface area (Å²) in [6, 6.07) is 52.8. The van der Waals surface area contributed by atoms with Gasteiger partial charge in [-0.3, -0.25) is 0 Å². The van der Waals surface area contributed by atoms with Gasteiger partial charge in [0.05, 0.1) is 0 Å². The molecule has 0 saturated carbocycles. The van der Waals surface area contributed by atoms with Crippen molar-refractivity contribution in [3.8, 4) is 0 Å². The normalized spacial score (nSPS) is 13.7. The van der Waals surface area contributed by atoms with E-state index in [9.17, 15) is 15.9 Å². The molecule has 0 aliphatic rings. The third kappa shape index (κ3) is 6.10. The summed E-state index contributed by atoms with van der Waals surface area (Å²) >= 11 is -4.72. The van der Waals surface area contributed by atoms with Crippen molar-refractivity contribution in [3.63, 3.8) is 0 Å². The molecule has 0 amide bonds. The third-order valence-corrected chi connectivity index (χ3v) is 47.5. The molecule has 0 bridgehead atoms. The van der Waals surface area contributed by atoms with Gasteiger partial charge in [-0.2, -0.15) is 0 Å². The van der Waals surface area contributed by atoms with E-state index in [4.69, 9.17) is 4.16 Å². The van der Waals surface area contributed by atoms with Crippen molar-refractivity contribution in [1.82, 2.24) is 0 Å². The van der Waals surface area contributed by atoms with Crippen LogP contribution >= 0.6 is 0 Å². The van der Waals surface area contributed by atoms with E-state index in [1.165, 1.54) is 0 Å². The number of hydrogen-bond acceptors (Lipinski definition) is 5. The minimum atomic E-state index is -8.85. The van der Waals surface area contributed by atoms with Crippen molar-refractivity contribution in [2.24, 2.45) is 0 Å². The van der Waals surface area contributed by atoms with E-state index < -0.39 is 37.1 Å². The second-order valence-electron chi connectivity index (χ2n) is 11.4. The fourth-order valence-electron chi connectivity index (χ4n) is 6.83. The zero-order chi connectivity index (χ0) is 35.3. The Balaban J connectivity index is 0.000000717. The van der Waals surface area contributed by atoms with Crippen molar-refractivity contribution in [2.75, 3.05) is 0 Å². The van der Waals surface area contributed by atoms with Crippen molar-refractivity contribution < 1.29 is 55.0 Å². The van der Waals surface area contributed by atoms with Gasteiger partial charge in [-0.1, -0.05) is 0 Å². The zero-order valence-corrected chi connectivity index (χ0v) is 33.1. The average molecular weight is 785 g/mol. The van der Waals surface area contributed by atoms with Gasteiger partial charge in [-0.25, -0.2) is 0 Å². The summed E-state index contributed by atoms with van der Waals surface area (Å²) in [5.41, 5.74) is 0. The van der Waals surface area contributed by atoms with Crippen LogP contribution < -0.4 is 31.1 Å². The van der Waals surface area contributed by atoms with Gasteiger partial charge in [0, 0.05) is 0 Å². The standard InChI is InChI=1S/2C18H15Si.2Cr.H3OSi.3H2O.4O/c2*1-4-10-16(11-5-1)19(17-12-6-2-7-13-17)18-14-8-3-9-15-18;;;1-2;;;;;;;/h2*1-15H;;;2H3;3*1H2;;;;/q;;2*+2;-1;;;;;;;/p-3. The summed E-state index contributed by atoms with van der Waals surface area (Å²) in [4.78, 5) is 0. The quantitative estimate of drug-likeness (QED) is 0.146. The maximum absolute atomic E-state index is 16.9. The molecule has 0 atom stereocenters. The van der Waals surface area contributed by atoms with Crippen LogP contribution in [0.25, 0.3) is 0 Å². The topological polar surface area (TPSA) is 138 Å². The van der Waals surface area contributed by atoms with E-state index in [2.05, 4.69) is 3.48 Å². The molecule has 0 aromatic heterocycles. The van der Waals surface area contributed by atoms with Crippen LogP contribution in [0.3, 0.4) is 0 Å². The van der Waals surface area contributed by atoms with Crippen LogP contribution in [0.4, 0.5) is 0 Å². The maximum atomic E-state index is 16.9. The van der Waals surface area contributed by atoms with E-state index in [-0.39, 0.29) is 10.5 Å². The summed E-state index contributed by atoms with van der Waals surface area (Å²) < 4.78 is 91.6. The summed E-state index contributed by atoms with van der Waals surface area (Å²) in [7, 11) is -8.81. The van der Waals surface area contributed by atoms with Gasteiger partial charge in [0.1, 0.15) is 0 Å². The number of benzene rings is 6. The van der Waals surface area contributed by atoms with Gasteiger partial charge >= 0.3 is 292 Å². The molecule has 6 aromatic rings. The zero-order valence-electron chi connectivity index (χ0n) is 26.5. The Kier molecular flexibility index (Phi) is 9.95. The molecule has 6 aromatic carbocycles. The molecular weight excluding hydrogens is 749 g/mol. The molecule has 0 aliphatic heterocycles. The van der Waals surface area contributed by atoms with Crippen molar-refractivity contribution in [1.29, 1.82) is 0 Å². The Bertz CT molecular complexity index is 1970. The summed E-state index contributed by atoms with van der Waals surface area (Å²) in [6.07, 6.45) is 0. The van der Waals surface area contributed by atoms with Crippen LogP contribution in [0, 0.1) is 0 Å². The molecule has 0 heterocycles. The molecule has 8 nitrogen and oxygen atoms in total. The second-order valence-corrected chi connectivity index (χ2v) is 39.6. The molecule has 0 spiro atoms. The van der Waals surface area contributed by atoms with Crippen LogP contribution in [-0.4, -0.2) is 36.2 Å². The first-order valence-corrected chi connectivity index (χ1v) is 27.9. The third-order valence-electron chi connectivity index (χ3n) is 8.65. The first-order valence-electron chi connectivity index (χ1n) is 15.2. The van der Waals surface area contributed by atoms with E-state index in [0.29, 0.717) is 31.1 Å². The SMILES string of the molecule is [O]=[Cr](=[O])([OH])([OH])([Si](c1ccccc1)(c1ccccc1)c1ccccc1)[Si](c1ccccc1)(c1ccccc1)c1ccccc1.[O]=[Cr](=[O])([OH])[O][SiH3]. The number of rotatable bonds is 9. The van der Waals surface area contributed by atoms with Crippen molar-refractivity contribution in [2.45, 2.75) is 0 Å². The Morgan fingerprint density at radius 1 is 0.429 bits per heavy atom. The molecule has 13 heteroatoms. The minimum absolute atomic E-state index is 0.0424. The Morgan fingerprint density at radius 3 is 0.694 bits per heavy atom. The van der Waals surface area contributed by atoms with Gasteiger partial charge < -0.3 is 0 Å². The van der Waals surface area contributed by atoms with E-state index in [1.807, 2.05) is 36.4 Å². The molecule has 252 valence electrons. The molecule has 0 aliphatic carbocycles. The predicted molar refractivity (Wildman–Crippen MR) is 188 cm³/mol. The van der Waals surface area contributed by atoms with Crippen LogP contribution in [0.1, 0.15) is 0 Å². The van der Waals surface area contributed by atoms with Crippen LogP contribution in [0.2, 0.25) is 0 Å². The monoisotopic (exact) mass is 784 g/mol. The van der Waals surface area contributed by atoms with Gasteiger partial charge in [0.25, 0.3) is 0 Å². The van der Waals surface area contributed by atoms with Gasteiger partial charge in [-0.15, -0.1) is 0 Å². The second kappa shape index (κ2) is 13.4. The fourth-order valence-corrected chi connectivity index (χ4v) is 51.4. The van der Waals surface area contributed by atoms with Crippen LogP contribution in [-0.2, 0) is 42.5 Å². The summed E-state index contributed by atoms with van der Waals surface area (Å²) in [5, 5.41) is 2.23. The molecule has 6 rings (SSSR count). The van der Waals surface area contributed by atoms with Crippen LogP contribution in [0.5, 0.6) is 0 Å². The number of hydrogen-bond donors (Lipinski definition) is 3. The molecule has 0 unspecified atom stereocenters. The molecular formula is C36H36Cr2O8Si3. The average Bonchev–Trinajstić information content (AvgIpc) is 3.11. The Labute approximate surface area is 290 Å². The van der Waals surface area contributed by atoms with Crippen molar-refractivity contribution >= 4 is 54.9 Å². The first-order chi connectivity index (χ1) is 23.2. The molecule has 0 radical (unpaired) electrons. The van der Waals surface area contributed by atoms with Gasteiger partial charge in [-0.05, 0) is 0 Å². The van der Waals surface area contributed by atoms with E-state index in [1.54, 1.807) is 146 Å². The molecule has 49 heavy (non-hydrogen) atoms. The first kappa shape index (κ1) is 36.4.